The fourth-order valence-electron chi connectivity index (χ4n) is 2.11. The Hall–Kier alpha value is -1.06. The fraction of sp³-hybridized carbons (Fsp3) is 0.833. The topological polar surface area (TPSA) is 49.4 Å². The molecule has 1 rings (SSSR count). The lowest BCUT2D eigenvalue weighted by atomic mass is 9.95. The van der Waals surface area contributed by atoms with Crippen LogP contribution < -0.4 is 5.32 Å². The normalized spacial score (nSPS) is 29.9. The van der Waals surface area contributed by atoms with E-state index in [1.165, 1.54) is 0 Å². The molecule has 1 heterocycles. The minimum Gasteiger partial charge on any atom is -0.343 e. The molecule has 0 aromatic heterocycles. The first-order chi connectivity index (χ1) is 7.40. The van der Waals surface area contributed by atoms with Crippen molar-refractivity contribution in [2.75, 3.05) is 0 Å². The largest absolute Gasteiger partial charge is 0.343 e. The van der Waals surface area contributed by atoms with Gasteiger partial charge in [-0.15, -0.1) is 0 Å². The van der Waals surface area contributed by atoms with Crippen molar-refractivity contribution in [2.24, 2.45) is 5.92 Å². The third kappa shape index (κ3) is 2.20. The Morgan fingerprint density at radius 2 is 1.88 bits per heavy atom. The molecule has 1 saturated heterocycles. The molecule has 0 saturated carbocycles. The van der Waals surface area contributed by atoms with E-state index >= 15 is 0 Å². The molecule has 1 aliphatic heterocycles. The fourth-order valence-corrected chi connectivity index (χ4v) is 2.11. The van der Waals surface area contributed by atoms with Gasteiger partial charge < -0.3 is 10.2 Å². The smallest absolute Gasteiger partial charge is 0.245 e. The van der Waals surface area contributed by atoms with Gasteiger partial charge in [0.25, 0.3) is 0 Å². The molecule has 0 bridgehead atoms. The highest BCUT2D eigenvalue weighted by Crippen LogP contribution is 2.20. The second-order valence-corrected chi connectivity index (χ2v) is 4.78. The SMILES string of the molecule is CCC(C)C(C)N1C(=O)C(C)NC(=O)C1C. The van der Waals surface area contributed by atoms with Crippen LogP contribution in [0, 0.1) is 5.92 Å². The molecule has 0 aliphatic carbocycles. The quantitative estimate of drug-likeness (QED) is 0.785. The first-order valence-electron chi connectivity index (χ1n) is 6.02. The summed E-state index contributed by atoms with van der Waals surface area (Å²) in [5, 5.41) is 2.69. The highest BCUT2D eigenvalue weighted by atomic mass is 16.2. The van der Waals surface area contributed by atoms with Crippen LogP contribution in [-0.2, 0) is 9.59 Å². The molecule has 16 heavy (non-hydrogen) atoms. The minimum absolute atomic E-state index is 0.0277. The van der Waals surface area contributed by atoms with Crippen molar-refractivity contribution in [3.63, 3.8) is 0 Å². The maximum atomic E-state index is 12.1. The van der Waals surface area contributed by atoms with E-state index in [-0.39, 0.29) is 23.9 Å². The highest BCUT2D eigenvalue weighted by Gasteiger charge is 2.39. The Morgan fingerprint density at radius 1 is 1.31 bits per heavy atom. The lowest BCUT2D eigenvalue weighted by molar-refractivity contribution is -0.151. The molecule has 4 heteroatoms. The van der Waals surface area contributed by atoms with E-state index in [0.29, 0.717) is 5.92 Å². The monoisotopic (exact) mass is 226 g/mol. The Labute approximate surface area is 97.4 Å². The number of piperazine rings is 1. The zero-order valence-corrected chi connectivity index (χ0v) is 10.8. The third-order valence-electron chi connectivity index (χ3n) is 3.69. The molecule has 0 aromatic carbocycles. The molecule has 1 N–H and O–H groups in total. The Balaban J connectivity index is 2.90. The first-order valence-corrected chi connectivity index (χ1v) is 6.02. The van der Waals surface area contributed by atoms with E-state index in [2.05, 4.69) is 19.2 Å². The number of rotatable bonds is 3. The van der Waals surface area contributed by atoms with Gasteiger partial charge in [0.2, 0.25) is 11.8 Å². The summed E-state index contributed by atoms with van der Waals surface area (Å²) in [5.74, 6) is 0.381. The van der Waals surface area contributed by atoms with Gasteiger partial charge in [0.1, 0.15) is 12.1 Å². The van der Waals surface area contributed by atoms with Gasteiger partial charge in [0.15, 0.2) is 0 Å². The van der Waals surface area contributed by atoms with Crippen LogP contribution in [0.3, 0.4) is 0 Å². The summed E-state index contributed by atoms with van der Waals surface area (Å²) in [6.07, 6.45) is 1.01. The van der Waals surface area contributed by atoms with Crippen LogP contribution in [0.1, 0.15) is 41.0 Å². The van der Waals surface area contributed by atoms with Gasteiger partial charge in [0, 0.05) is 6.04 Å². The molecule has 1 aliphatic rings. The van der Waals surface area contributed by atoms with E-state index < -0.39 is 6.04 Å². The maximum absolute atomic E-state index is 12.1. The van der Waals surface area contributed by atoms with Crippen LogP contribution in [-0.4, -0.2) is 34.8 Å². The number of amides is 2. The molecular weight excluding hydrogens is 204 g/mol. The number of carbonyl (C=O) groups is 2. The van der Waals surface area contributed by atoms with Crippen molar-refractivity contribution >= 4 is 11.8 Å². The average molecular weight is 226 g/mol. The molecule has 1 fully saturated rings. The molecule has 0 radical (unpaired) electrons. The molecule has 0 aromatic rings. The number of carbonyl (C=O) groups excluding carboxylic acids is 2. The molecule has 2 amide bonds. The molecule has 0 spiro atoms. The molecule has 92 valence electrons. The van der Waals surface area contributed by atoms with E-state index in [0.717, 1.165) is 6.42 Å². The Bertz CT molecular complexity index is 291. The summed E-state index contributed by atoms with van der Waals surface area (Å²) in [6.45, 7) is 9.76. The van der Waals surface area contributed by atoms with Crippen LogP contribution in [0.25, 0.3) is 0 Å². The highest BCUT2D eigenvalue weighted by molar-refractivity contribution is 5.96. The van der Waals surface area contributed by atoms with Gasteiger partial charge in [-0.25, -0.2) is 0 Å². The lowest BCUT2D eigenvalue weighted by Gasteiger charge is -2.42. The average Bonchev–Trinajstić information content (AvgIpc) is 2.25. The standard InChI is InChI=1S/C12H22N2O2/c1-6-7(2)9(4)14-10(5)11(15)13-8(3)12(14)16/h7-10H,6H2,1-5H3,(H,13,15). The zero-order chi connectivity index (χ0) is 12.5. The van der Waals surface area contributed by atoms with Crippen LogP contribution in [0.15, 0.2) is 0 Å². The van der Waals surface area contributed by atoms with Crippen molar-refractivity contribution in [1.29, 1.82) is 0 Å². The predicted octanol–water partition coefficient (Wildman–Crippen LogP) is 1.16. The van der Waals surface area contributed by atoms with Gasteiger partial charge in [-0.1, -0.05) is 20.3 Å². The van der Waals surface area contributed by atoms with E-state index in [9.17, 15) is 9.59 Å². The number of nitrogens with zero attached hydrogens (tertiary/aromatic N) is 1. The van der Waals surface area contributed by atoms with E-state index in [4.69, 9.17) is 0 Å². The Kier molecular flexibility index (Phi) is 3.94. The van der Waals surface area contributed by atoms with Gasteiger partial charge in [-0.2, -0.15) is 0 Å². The zero-order valence-electron chi connectivity index (χ0n) is 10.8. The van der Waals surface area contributed by atoms with Crippen LogP contribution in [0.2, 0.25) is 0 Å². The summed E-state index contributed by atoms with van der Waals surface area (Å²) < 4.78 is 0. The van der Waals surface area contributed by atoms with Crippen LogP contribution in [0.4, 0.5) is 0 Å². The molecule has 4 atom stereocenters. The Morgan fingerprint density at radius 3 is 2.38 bits per heavy atom. The number of hydrogen-bond donors (Lipinski definition) is 1. The van der Waals surface area contributed by atoms with E-state index in [1.54, 1.807) is 18.7 Å². The first kappa shape index (κ1) is 13.0. The van der Waals surface area contributed by atoms with Gasteiger partial charge in [-0.3, -0.25) is 9.59 Å². The maximum Gasteiger partial charge on any atom is 0.245 e. The van der Waals surface area contributed by atoms with Gasteiger partial charge in [0.05, 0.1) is 0 Å². The summed E-state index contributed by atoms with van der Waals surface area (Å²) in [6, 6.07) is -0.635. The van der Waals surface area contributed by atoms with Crippen molar-refractivity contribution in [3.8, 4) is 0 Å². The van der Waals surface area contributed by atoms with Crippen molar-refractivity contribution < 1.29 is 9.59 Å². The second-order valence-electron chi connectivity index (χ2n) is 4.78. The van der Waals surface area contributed by atoms with Crippen molar-refractivity contribution in [1.82, 2.24) is 10.2 Å². The summed E-state index contributed by atoms with van der Waals surface area (Å²) in [7, 11) is 0. The summed E-state index contributed by atoms with van der Waals surface area (Å²) in [4.78, 5) is 25.5. The lowest BCUT2D eigenvalue weighted by Crippen LogP contribution is -2.64. The van der Waals surface area contributed by atoms with Crippen molar-refractivity contribution in [2.45, 2.75) is 59.2 Å². The predicted molar refractivity (Wildman–Crippen MR) is 62.8 cm³/mol. The van der Waals surface area contributed by atoms with E-state index in [1.807, 2.05) is 6.92 Å². The number of nitrogens with one attached hydrogen (secondary N) is 1. The van der Waals surface area contributed by atoms with Crippen LogP contribution >= 0.6 is 0 Å². The molecular formula is C12H22N2O2. The van der Waals surface area contributed by atoms with Crippen LogP contribution in [0.5, 0.6) is 0 Å². The third-order valence-corrected chi connectivity index (χ3v) is 3.69. The molecule has 4 unspecified atom stereocenters. The van der Waals surface area contributed by atoms with Gasteiger partial charge in [-0.05, 0) is 26.7 Å². The second kappa shape index (κ2) is 4.85. The van der Waals surface area contributed by atoms with Gasteiger partial charge >= 0.3 is 0 Å². The summed E-state index contributed by atoms with van der Waals surface area (Å²) >= 11 is 0. The number of hydrogen-bond acceptors (Lipinski definition) is 2. The minimum atomic E-state index is -0.393. The van der Waals surface area contributed by atoms with Crippen molar-refractivity contribution in [3.05, 3.63) is 0 Å². The molecule has 4 nitrogen and oxygen atoms in total. The summed E-state index contributed by atoms with van der Waals surface area (Å²) in [5.41, 5.74) is 0.